The SMILES string of the molecule is C=CC[C@@H]1CC[C@@H]1O. The van der Waals surface area contributed by atoms with Gasteiger partial charge in [0.1, 0.15) is 0 Å². The first-order valence-electron chi connectivity index (χ1n) is 3.13. The Morgan fingerprint density at radius 3 is 2.50 bits per heavy atom. The van der Waals surface area contributed by atoms with Crippen LogP contribution in [0.15, 0.2) is 12.7 Å². The van der Waals surface area contributed by atoms with Crippen molar-refractivity contribution in [2.45, 2.75) is 25.4 Å². The molecule has 0 spiro atoms. The van der Waals surface area contributed by atoms with Crippen LogP contribution in [0.5, 0.6) is 0 Å². The highest BCUT2D eigenvalue weighted by Crippen LogP contribution is 2.29. The molecule has 1 fully saturated rings. The van der Waals surface area contributed by atoms with Crippen LogP contribution >= 0.6 is 0 Å². The summed E-state index contributed by atoms with van der Waals surface area (Å²) in [4.78, 5) is 0. The summed E-state index contributed by atoms with van der Waals surface area (Å²) in [6.45, 7) is 3.61. The topological polar surface area (TPSA) is 20.2 Å². The zero-order chi connectivity index (χ0) is 5.98. The predicted octanol–water partition coefficient (Wildman–Crippen LogP) is 1.33. The van der Waals surface area contributed by atoms with E-state index in [9.17, 15) is 0 Å². The molecule has 1 aliphatic rings. The summed E-state index contributed by atoms with van der Waals surface area (Å²) >= 11 is 0. The van der Waals surface area contributed by atoms with Crippen molar-refractivity contribution >= 4 is 0 Å². The van der Waals surface area contributed by atoms with Gasteiger partial charge in [-0.3, -0.25) is 0 Å². The van der Waals surface area contributed by atoms with Crippen molar-refractivity contribution < 1.29 is 5.11 Å². The summed E-state index contributed by atoms with van der Waals surface area (Å²) in [5.41, 5.74) is 0. The molecule has 46 valence electrons. The molecule has 0 bridgehead atoms. The van der Waals surface area contributed by atoms with Gasteiger partial charge in [0.2, 0.25) is 0 Å². The molecule has 0 radical (unpaired) electrons. The molecule has 0 aromatic carbocycles. The van der Waals surface area contributed by atoms with Crippen LogP contribution < -0.4 is 0 Å². The summed E-state index contributed by atoms with van der Waals surface area (Å²) in [5, 5.41) is 8.99. The standard InChI is InChI=1S/C7H12O/c1-2-3-6-4-5-7(6)8/h2,6-8H,1,3-5H2/t6-,7+/m1/s1. The second-order valence-electron chi connectivity index (χ2n) is 2.43. The third-order valence-corrected chi connectivity index (χ3v) is 1.85. The number of aliphatic hydroxyl groups excluding tert-OH is 1. The summed E-state index contributed by atoms with van der Waals surface area (Å²) in [7, 11) is 0. The molecule has 1 saturated carbocycles. The molecule has 0 unspecified atom stereocenters. The smallest absolute Gasteiger partial charge is 0.0571 e. The largest absolute Gasteiger partial charge is 0.393 e. The molecule has 0 aliphatic heterocycles. The van der Waals surface area contributed by atoms with E-state index >= 15 is 0 Å². The van der Waals surface area contributed by atoms with E-state index < -0.39 is 0 Å². The van der Waals surface area contributed by atoms with Crippen LogP contribution in [0, 0.1) is 5.92 Å². The van der Waals surface area contributed by atoms with Crippen molar-refractivity contribution in [2.75, 3.05) is 0 Å². The maximum atomic E-state index is 8.99. The molecule has 0 aromatic rings. The van der Waals surface area contributed by atoms with Crippen LogP contribution in [0.1, 0.15) is 19.3 Å². The molecule has 1 N–H and O–H groups in total. The van der Waals surface area contributed by atoms with Crippen LogP contribution in [0.3, 0.4) is 0 Å². The zero-order valence-electron chi connectivity index (χ0n) is 5.01. The van der Waals surface area contributed by atoms with E-state index in [0.717, 1.165) is 12.8 Å². The maximum absolute atomic E-state index is 8.99. The van der Waals surface area contributed by atoms with E-state index in [4.69, 9.17) is 5.11 Å². The lowest BCUT2D eigenvalue weighted by Crippen LogP contribution is -2.30. The number of aliphatic hydroxyl groups is 1. The van der Waals surface area contributed by atoms with Gasteiger partial charge in [-0.25, -0.2) is 0 Å². The Labute approximate surface area is 50.0 Å². The lowest BCUT2D eigenvalue weighted by atomic mass is 9.80. The number of allylic oxidation sites excluding steroid dienone is 1. The molecule has 1 aliphatic carbocycles. The van der Waals surface area contributed by atoms with Gasteiger partial charge in [-0.15, -0.1) is 6.58 Å². The summed E-state index contributed by atoms with van der Waals surface area (Å²) in [6, 6.07) is 0. The molecule has 2 atom stereocenters. The van der Waals surface area contributed by atoms with Gasteiger partial charge in [0.15, 0.2) is 0 Å². The van der Waals surface area contributed by atoms with E-state index in [-0.39, 0.29) is 6.10 Å². The summed E-state index contributed by atoms with van der Waals surface area (Å²) < 4.78 is 0. The molecule has 8 heavy (non-hydrogen) atoms. The van der Waals surface area contributed by atoms with Gasteiger partial charge in [0, 0.05) is 0 Å². The molecular weight excluding hydrogens is 100 g/mol. The van der Waals surface area contributed by atoms with Crippen molar-refractivity contribution in [1.29, 1.82) is 0 Å². The minimum Gasteiger partial charge on any atom is -0.393 e. The van der Waals surface area contributed by atoms with E-state index in [1.165, 1.54) is 6.42 Å². The third-order valence-electron chi connectivity index (χ3n) is 1.85. The van der Waals surface area contributed by atoms with Crippen LogP contribution in [0.2, 0.25) is 0 Å². The highest BCUT2D eigenvalue weighted by Gasteiger charge is 2.26. The van der Waals surface area contributed by atoms with Crippen molar-refractivity contribution in [3.8, 4) is 0 Å². The highest BCUT2D eigenvalue weighted by molar-refractivity contribution is 4.85. The Morgan fingerprint density at radius 2 is 2.38 bits per heavy atom. The Kier molecular flexibility index (Phi) is 1.69. The van der Waals surface area contributed by atoms with Gasteiger partial charge in [-0.05, 0) is 25.2 Å². The molecule has 1 heteroatoms. The van der Waals surface area contributed by atoms with Crippen molar-refractivity contribution in [2.24, 2.45) is 5.92 Å². The molecule has 0 aromatic heterocycles. The fourth-order valence-electron chi connectivity index (χ4n) is 1.04. The highest BCUT2D eigenvalue weighted by atomic mass is 16.3. The Bertz CT molecular complexity index is 88.4. The molecule has 1 nitrogen and oxygen atoms in total. The minimum absolute atomic E-state index is 0.0204. The zero-order valence-corrected chi connectivity index (χ0v) is 5.01. The Balaban J connectivity index is 2.16. The maximum Gasteiger partial charge on any atom is 0.0571 e. The van der Waals surface area contributed by atoms with Gasteiger partial charge in [0.25, 0.3) is 0 Å². The summed E-state index contributed by atoms with van der Waals surface area (Å²) in [5.74, 6) is 0.535. The van der Waals surface area contributed by atoms with E-state index in [0.29, 0.717) is 5.92 Å². The number of hydrogen-bond donors (Lipinski definition) is 1. The molecular formula is C7H12O. The lowest BCUT2D eigenvalue weighted by molar-refractivity contribution is 0.0259. The van der Waals surface area contributed by atoms with Gasteiger partial charge < -0.3 is 5.11 Å². The van der Waals surface area contributed by atoms with Crippen LogP contribution in [-0.4, -0.2) is 11.2 Å². The van der Waals surface area contributed by atoms with Gasteiger partial charge in [0.05, 0.1) is 6.10 Å². The third kappa shape index (κ3) is 0.920. The number of hydrogen-bond acceptors (Lipinski definition) is 1. The lowest BCUT2D eigenvalue weighted by Gasteiger charge is -2.31. The fourth-order valence-corrected chi connectivity index (χ4v) is 1.04. The Hall–Kier alpha value is -0.300. The predicted molar refractivity (Wildman–Crippen MR) is 33.5 cm³/mol. The first-order chi connectivity index (χ1) is 3.84. The average molecular weight is 112 g/mol. The first-order valence-corrected chi connectivity index (χ1v) is 3.13. The van der Waals surface area contributed by atoms with E-state index in [2.05, 4.69) is 6.58 Å². The molecule has 1 rings (SSSR count). The second-order valence-corrected chi connectivity index (χ2v) is 2.43. The molecule has 0 heterocycles. The first kappa shape index (κ1) is 5.83. The monoisotopic (exact) mass is 112 g/mol. The Morgan fingerprint density at radius 1 is 1.62 bits per heavy atom. The molecule has 0 saturated heterocycles. The van der Waals surface area contributed by atoms with E-state index in [1.807, 2.05) is 6.08 Å². The average Bonchev–Trinajstić information content (AvgIpc) is 1.79. The van der Waals surface area contributed by atoms with Crippen molar-refractivity contribution in [3.05, 3.63) is 12.7 Å². The normalized spacial score (nSPS) is 36.1. The van der Waals surface area contributed by atoms with E-state index in [1.54, 1.807) is 0 Å². The quantitative estimate of drug-likeness (QED) is 0.534. The minimum atomic E-state index is -0.0204. The van der Waals surface area contributed by atoms with Crippen molar-refractivity contribution in [3.63, 3.8) is 0 Å². The molecule has 0 amide bonds. The van der Waals surface area contributed by atoms with Gasteiger partial charge in [-0.1, -0.05) is 6.08 Å². The number of rotatable bonds is 2. The summed E-state index contributed by atoms with van der Waals surface area (Å²) in [6.07, 6.45) is 5.04. The van der Waals surface area contributed by atoms with Gasteiger partial charge >= 0.3 is 0 Å². The van der Waals surface area contributed by atoms with Crippen LogP contribution in [-0.2, 0) is 0 Å². The van der Waals surface area contributed by atoms with Crippen LogP contribution in [0.4, 0.5) is 0 Å². The second kappa shape index (κ2) is 2.31. The van der Waals surface area contributed by atoms with Crippen molar-refractivity contribution in [1.82, 2.24) is 0 Å². The van der Waals surface area contributed by atoms with Gasteiger partial charge in [-0.2, -0.15) is 0 Å². The van der Waals surface area contributed by atoms with Crippen LogP contribution in [0.25, 0.3) is 0 Å². The fraction of sp³-hybridized carbons (Fsp3) is 0.714.